The van der Waals surface area contributed by atoms with Crippen LogP contribution in [0.25, 0.3) is 0 Å². The summed E-state index contributed by atoms with van der Waals surface area (Å²) in [6, 6.07) is 3.34. The Morgan fingerprint density at radius 2 is 2.10 bits per heavy atom. The van der Waals surface area contributed by atoms with Gasteiger partial charge in [-0.1, -0.05) is 13.8 Å². The smallest absolute Gasteiger partial charge is 0.339 e. The number of pyridine rings is 1. The molecule has 116 valence electrons. The molecule has 0 unspecified atom stereocenters. The molecule has 0 spiro atoms. The number of hydrogen-bond acceptors (Lipinski definition) is 5. The number of esters is 1. The van der Waals surface area contributed by atoms with Gasteiger partial charge in [-0.2, -0.15) is 0 Å². The Hall–Kier alpha value is -2.11. The van der Waals surface area contributed by atoms with E-state index in [4.69, 9.17) is 4.74 Å². The highest BCUT2D eigenvalue weighted by Gasteiger charge is 2.11. The number of rotatable bonds is 7. The number of hydrogen-bond donors (Lipinski definition) is 1. The number of aromatic nitrogens is 1. The third-order valence-electron chi connectivity index (χ3n) is 2.74. The molecule has 0 fully saturated rings. The standard InChI is InChI=1S/C15H23N3O3/c1-5-21-15(20)12-6-7-13(16-9-12)18(4)10-14(19)17-8-11(2)3/h6-7,9,11H,5,8,10H2,1-4H3,(H,17,19). The van der Waals surface area contributed by atoms with Crippen molar-refractivity contribution in [2.24, 2.45) is 5.92 Å². The molecule has 1 rings (SSSR count). The molecular weight excluding hydrogens is 270 g/mol. The van der Waals surface area contributed by atoms with Gasteiger partial charge in [0.1, 0.15) is 5.82 Å². The van der Waals surface area contributed by atoms with E-state index >= 15 is 0 Å². The molecule has 0 radical (unpaired) electrons. The summed E-state index contributed by atoms with van der Waals surface area (Å²) in [6.45, 7) is 7.04. The highest BCUT2D eigenvalue weighted by molar-refractivity contribution is 5.89. The van der Waals surface area contributed by atoms with Gasteiger partial charge in [-0.05, 0) is 25.0 Å². The first-order valence-electron chi connectivity index (χ1n) is 7.05. The van der Waals surface area contributed by atoms with Gasteiger partial charge in [-0.3, -0.25) is 4.79 Å². The highest BCUT2D eigenvalue weighted by Crippen LogP contribution is 2.10. The predicted octanol–water partition coefficient (Wildman–Crippen LogP) is 1.47. The van der Waals surface area contributed by atoms with E-state index in [9.17, 15) is 9.59 Å². The lowest BCUT2D eigenvalue weighted by molar-refractivity contribution is -0.119. The fourth-order valence-corrected chi connectivity index (χ4v) is 1.62. The first-order valence-corrected chi connectivity index (χ1v) is 7.05. The minimum Gasteiger partial charge on any atom is -0.462 e. The number of nitrogens with one attached hydrogen (secondary N) is 1. The van der Waals surface area contributed by atoms with Crippen molar-refractivity contribution < 1.29 is 14.3 Å². The molecule has 6 nitrogen and oxygen atoms in total. The zero-order chi connectivity index (χ0) is 15.8. The van der Waals surface area contributed by atoms with Gasteiger partial charge in [-0.15, -0.1) is 0 Å². The molecule has 0 saturated heterocycles. The van der Waals surface area contributed by atoms with Crippen molar-refractivity contribution in [1.29, 1.82) is 0 Å². The summed E-state index contributed by atoms with van der Waals surface area (Å²) < 4.78 is 4.89. The number of anilines is 1. The van der Waals surface area contributed by atoms with Crippen LogP contribution >= 0.6 is 0 Å². The first kappa shape index (κ1) is 16.9. The van der Waals surface area contributed by atoms with Crippen molar-refractivity contribution in [3.05, 3.63) is 23.9 Å². The van der Waals surface area contributed by atoms with Gasteiger partial charge in [0, 0.05) is 19.8 Å². The van der Waals surface area contributed by atoms with Crippen LogP contribution in [-0.2, 0) is 9.53 Å². The van der Waals surface area contributed by atoms with Crippen LogP contribution in [0.3, 0.4) is 0 Å². The molecule has 1 heterocycles. The molecule has 0 atom stereocenters. The first-order chi connectivity index (χ1) is 9.93. The summed E-state index contributed by atoms with van der Waals surface area (Å²) in [5.41, 5.74) is 0.401. The van der Waals surface area contributed by atoms with Gasteiger partial charge in [0.25, 0.3) is 0 Å². The number of nitrogens with zero attached hydrogens (tertiary/aromatic N) is 2. The minimum atomic E-state index is -0.395. The second-order valence-corrected chi connectivity index (χ2v) is 5.18. The van der Waals surface area contributed by atoms with E-state index in [0.29, 0.717) is 30.5 Å². The van der Waals surface area contributed by atoms with Crippen molar-refractivity contribution in [3.8, 4) is 0 Å². The molecule has 0 aromatic carbocycles. The van der Waals surface area contributed by atoms with E-state index in [2.05, 4.69) is 10.3 Å². The zero-order valence-electron chi connectivity index (χ0n) is 13.0. The maximum atomic E-state index is 11.7. The third-order valence-corrected chi connectivity index (χ3v) is 2.74. The molecule has 0 aliphatic carbocycles. The maximum Gasteiger partial charge on any atom is 0.339 e. The Balaban J connectivity index is 2.56. The molecule has 1 amide bonds. The Bertz CT molecular complexity index is 472. The topological polar surface area (TPSA) is 71.5 Å². The van der Waals surface area contributed by atoms with Crippen LogP contribution in [0, 0.1) is 5.92 Å². The number of likely N-dealkylation sites (N-methyl/N-ethyl adjacent to an activating group) is 1. The molecule has 0 saturated carbocycles. The van der Waals surface area contributed by atoms with E-state index in [1.165, 1.54) is 6.20 Å². The van der Waals surface area contributed by atoms with E-state index in [1.54, 1.807) is 31.0 Å². The second-order valence-electron chi connectivity index (χ2n) is 5.18. The molecule has 21 heavy (non-hydrogen) atoms. The molecule has 0 bridgehead atoms. The van der Waals surface area contributed by atoms with E-state index in [0.717, 1.165) is 0 Å². The predicted molar refractivity (Wildman–Crippen MR) is 81.3 cm³/mol. The Labute approximate surface area is 125 Å². The van der Waals surface area contributed by atoms with Gasteiger partial charge in [0.05, 0.1) is 18.7 Å². The van der Waals surface area contributed by atoms with Gasteiger partial charge in [-0.25, -0.2) is 9.78 Å². The Morgan fingerprint density at radius 3 is 2.62 bits per heavy atom. The lowest BCUT2D eigenvalue weighted by atomic mass is 10.2. The van der Waals surface area contributed by atoms with Gasteiger partial charge in [0.2, 0.25) is 5.91 Å². The van der Waals surface area contributed by atoms with Gasteiger partial charge < -0.3 is 15.0 Å². The average Bonchev–Trinajstić information content (AvgIpc) is 2.45. The van der Waals surface area contributed by atoms with Crippen LogP contribution in [0.4, 0.5) is 5.82 Å². The Morgan fingerprint density at radius 1 is 1.38 bits per heavy atom. The molecule has 1 aromatic rings. The summed E-state index contributed by atoms with van der Waals surface area (Å²) in [7, 11) is 1.78. The molecule has 0 aliphatic rings. The van der Waals surface area contributed by atoms with Crippen molar-refractivity contribution in [3.63, 3.8) is 0 Å². The van der Waals surface area contributed by atoms with Crippen molar-refractivity contribution in [2.45, 2.75) is 20.8 Å². The third kappa shape index (κ3) is 5.81. The van der Waals surface area contributed by atoms with Crippen molar-refractivity contribution in [1.82, 2.24) is 10.3 Å². The number of carbonyl (C=O) groups excluding carboxylic acids is 2. The molecule has 0 aliphatic heterocycles. The summed E-state index contributed by atoms with van der Waals surface area (Å²) in [5, 5.41) is 2.85. The van der Waals surface area contributed by atoms with Crippen LogP contribution < -0.4 is 10.2 Å². The molecular formula is C15H23N3O3. The largest absolute Gasteiger partial charge is 0.462 e. The number of amides is 1. The summed E-state index contributed by atoms with van der Waals surface area (Å²) in [6.07, 6.45) is 1.45. The maximum absolute atomic E-state index is 11.7. The summed E-state index contributed by atoms with van der Waals surface area (Å²) in [5.74, 6) is 0.598. The van der Waals surface area contributed by atoms with Crippen molar-refractivity contribution in [2.75, 3.05) is 31.6 Å². The average molecular weight is 293 g/mol. The SMILES string of the molecule is CCOC(=O)c1ccc(N(C)CC(=O)NCC(C)C)nc1. The Kier molecular flexibility index (Phi) is 6.65. The summed E-state index contributed by atoms with van der Waals surface area (Å²) in [4.78, 5) is 29.2. The van der Waals surface area contributed by atoms with Crippen LogP contribution in [0.15, 0.2) is 18.3 Å². The van der Waals surface area contributed by atoms with E-state index in [-0.39, 0.29) is 12.5 Å². The van der Waals surface area contributed by atoms with Crippen LogP contribution in [0.5, 0.6) is 0 Å². The van der Waals surface area contributed by atoms with Gasteiger partial charge in [0.15, 0.2) is 0 Å². The van der Waals surface area contributed by atoms with E-state index in [1.807, 2.05) is 13.8 Å². The molecule has 1 N–H and O–H groups in total. The van der Waals surface area contributed by atoms with E-state index < -0.39 is 5.97 Å². The summed E-state index contributed by atoms with van der Waals surface area (Å²) >= 11 is 0. The van der Waals surface area contributed by atoms with Crippen molar-refractivity contribution >= 4 is 17.7 Å². The fourth-order valence-electron chi connectivity index (χ4n) is 1.62. The van der Waals surface area contributed by atoms with Gasteiger partial charge >= 0.3 is 5.97 Å². The zero-order valence-corrected chi connectivity index (χ0v) is 13.0. The molecule has 6 heteroatoms. The quantitative estimate of drug-likeness (QED) is 0.771. The molecule has 1 aromatic heterocycles. The monoisotopic (exact) mass is 293 g/mol. The van der Waals surface area contributed by atoms with Crippen LogP contribution in [-0.4, -0.2) is 43.6 Å². The minimum absolute atomic E-state index is 0.0533. The highest BCUT2D eigenvalue weighted by atomic mass is 16.5. The number of carbonyl (C=O) groups is 2. The fraction of sp³-hybridized carbons (Fsp3) is 0.533. The number of ether oxygens (including phenoxy) is 1. The lowest BCUT2D eigenvalue weighted by Crippen LogP contribution is -2.37. The normalized spacial score (nSPS) is 10.3. The lowest BCUT2D eigenvalue weighted by Gasteiger charge is -2.18. The van der Waals surface area contributed by atoms with Crippen LogP contribution in [0.1, 0.15) is 31.1 Å². The second kappa shape index (κ2) is 8.24. The van der Waals surface area contributed by atoms with Crippen LogP contribution in [0.2, 0.25) is 0 Å².